The fourth-order valence-corrected chi connectivity index (χ4v) is 1.47. The first-order valence-corrected chi connectivity index (χ1v) is 4.96. The second kappa shape index (κ2) is 5.97. The Morgan fingerprint density at radius 2 is 2.00 bits per heavy atom. The van der Waals surface area contributed by atoms with Gasteiger partial charge in [-0.05, 0) is 24.1 Å². The second-order valence-electron chi connectivity index (χ2n) is 3.61. The standard InChI is InChI=1S/C11H13NO5/c13-10(14)8-3-1-2-7(4-8)5-9(6-12-17)11(15)16/h1-4,9,12,17H,5-6H2,(H,13,14)(H,15,16). The maximum atomic E-state index is 10.8. The summed E-state index contributed by atoms with van der Waals surface area (Å²) < 4.78 is 0. The lowest BCUT2D eigenvalue weighted by Gasteiger charge is -2.11. The first-order valence-electron chi connectivity index (χ1n) is 4.96. The van der Waals surface area contributed by atoms with Crippen molar-refractivity contribution in [1.82, 2.24) is 5.48 Å². The first kappa shape index (κ1) is 13.1. The molecule has 0 aliphatic carbocycles. The molecule has 0 aromatic heterocycles. The molecule has 1 aromatic carbocycles. The number of hydrogen-bond acceptors (Lipinski definition) is 4. The highest BCUT2D eigenvalue weighted by Gasteiger charge is 2.18. The van der Waals surface area contributed by atoms with Crippen molar-refractivity contribution < 1.29 is 25.0 Å². The zero-order chi connectivity index (χ0) is 12.8. The van der Waals surface area contributed by atoms with E-state index in [-0.39, 0.29) is 18.5 Å². The predicted molar refractivity (Wildman–Crippen MR) is 58.0 cm³/mol. The van der Waals surface area contributed by atoms with Crippen molar-refractivity contribution in [2.45, 2.75) is 6.42 Å². The average molecular weight is 239 g/mol. The van der Waals surface area contributed by atoms with Crippen LogP contribution in [0.3, 0.4) is 0 Å². The number of aromatic carboxylic acids is 1. The normalized spacial score (nSPS) is 12.1. The van der Waals surface area contributed by atoms with E-state index in [1.165, 1.54) is 12.1 Å². The Morgan fingerprint density at radius 3 is 2.53 bits per heavy atom. The molecule has 6 heteroatoms. The van der Waals surface area contributed by atoms with E-state index in [2.05, 4.69) is 0 Å². The van der Waals surface area contributed by atoms with Gasteiger partial charge < -0.3 is 15.4 Å². The van der Waals surface area contributed by atoms with E-state index in [9.17, 15) is 9.59 Å². The number of hydrogen-bond donors (Lipinski definition) is 4. The summed E-state index contributed by atoms with van der Waals surface area (Å²) in [6.07, 6.45) is 0.157. The fourth-order valence-electron chi connectivity index (χ4n) is 1.47. The molecular formula is C11H13NO5. The van der Waals surface area contributed by atoms with Crippen molar-refractivity contribution >= 4 is 11.9 Å². The summed E-state index contributed by atoms with van der Waals surface area (Å²) >= 11 is 0. The van der Waals surface area contributed by atoms with Gasteiger partial charge in [0.2, 0.25) is 0 Å². The van der Waals surface area contributed by atoms with Crippen molar-refractivity contribution in [1.29, 1.82) is 0 Å². The number of nitrogens with one attached hydrogen (secondary N) is 1. The Morgan fingerprint density at radius 1 is 1.29 bits per heavy atom. The molecule has 0 amide bonds. The van der Waals surface area contributed by atoms with Crippen molar-refractivity contribution in [2.75, 3.05) is 6.54 Å². The van der Waals surface area contributed by atoms with Gasteiger partial charge in [-0.25, -0.2) is 10.3 Å². The third-order valence-electron chi connectivity index (χ3n) is 2.34. The van der Waals surface area contributed by atoms with E-state index in [1.54, 1.807) is 12.1 Å². The molecule has 1 rings (SSSR count). The van der Waals surface area contributed by atoms with Crippen LogP contribution in [0.4, 0.5) is 0 Å². The highest BCUT2D eigenvalue weighted by Crippen LogP contribution is 2.11. The predicted octanol–water partition coefficient (Wildman–Crippen LogP) is 0.607. The summed E-state index contributed by atoms with van der Waals surface area (Å²) in [5.74, 6) is -2.91. The Bertz CT molecular complexity index is 418. The van der Waals surface area contributed by atoms with Crippen LogP contribution in [0.1, 0.15) is 15.9 Å². The lowest BCUT2D eigenvalue weighted by atomic mass is 9.98. The molecule has 0 bridgehead atoms. The minimum absolute atomic E-state index is 0.0906. The molecule has 92 valence electrons. The molecule has 0 saturated heterocycles. The van der Waals surface area contributed by atoms with Crippen LogP contribution in [0, 0.1) is 5.92 Å². The van der Waals surface area contributed by atoms with Gasteiger partial charge in [0.1, 0.15) is 0 Å². The number of aliphatic carboxylic acids is 1. The molecular weight excluding hydrogens is 226 g/mol. The maximum absolute atomic E-state index is 10.8. The van der Waals surface area contributed by atoms with Crippen molar-refractivity contribution in [3.63, 3.8) is 0 Å². The minimum atomic E-state index is -1.06. The number of carboxylic acid groups (broad SMARTS) is 2. The van der Waals surface area contributed by atoms with Crippen LogP contribution in [0.5, 0.6) is 0 Å². The zero-order valence-corrected chi connectivity index (χ0v) is 8.96. The van der Waals surface area contributed by atoms with Crippen LogP contribution in [-0.2, 0) is 11.2 Å². The molecule has 0 radical (unpaired) electrons. The van der Waals surface area contributed by atoms with Gasteiger partial charge in [0.25, 0.3) is 0 Å². The highest BCUT2D eigenvalue weighted by atomic mass is 16.5. The Hall–Kier alpha value is -1.92. The third kappa shape index (κ3) is 3.86. The largest absolute Gasteiger partial charge is 0.481 e. The summed E-state index contributed by atoms with van der Waals surface area (Å²) in [4.78, 5) is 21.6. The molecule has 4 N–H and O–H groups in total. The molecule has 0 fully saturated rings. The van der Waals surface area contributed by atoms with Gasteiger partial charge in [-0.3, -0.25) is 4.79 Å². The first-order chi connectivity index (χ1) is 8.04. The number of carbonyl (C=O) groups is 2. The van der Waals surface area contributed by atoms with Crippen LogP contribution >= 0.6 is 0 Å². The minimum Gasteiger partial charge on any atom is -0.481 e. The zero-order valence-electron chi connectivity index (χ0n) is 8.96. The number of carboxylic acids is 2. The Labute approximate surface area is 97.5 Å². The third-order valence-corrected chi connectivity index (χ3v) is 2.34. The molecule has 0 heterocycles. The summed E-state index contributed by atoms with van der Waals surface area (Å²) in [6, 6.07) is 6.07. The van der Waals surface area contributed by atoms with Gasteiger partial charge in [-0.1, -0.05) is 12.1 Å². The molecule has 6 nitrogen and oxygen atoms in total. The average Bonchev–Trinajstić information content (AvgIpc) is 2.28. The number of hydroxylamine groups is 1. The van der Waals surface area contributed by atoms with Gasteiger partial charge in [0.15, 0.2) is 0 Å². The van der Waals surface area contributed by atoms with Gasteiger partial charge >= 0.3 is 11.9 Å². The highest BCUT2D eigenvalue weighted by molar-refractivity contribution is 5.87. The SMILES string of the molecule is O=C(O)c1cccc(CC(CNO)C(=O)O)c1. The molecule has 17 heavy (non-hydrogen) atoms. The maximum Gasteiger partial charge on any atom is 0.335 e. The van der Waals surface area contributed by atoms with E-state index >= 15 is 0 Å². The number of benzene rings is 1. The quantitative estimate of drug-likeness (QED) is 0.542. The Kier molecular flexibility index (Phi) is 4.62. The molecule has 0 aliphatic heterocycles. The van der Waals surface area contributed by atoms with E-state index in [0.717, 1.165) is 0 Å². The summed E-state index contributed by atoms with van der Waals surface area (Å²) in [5.41, 5.74) is 2.53. The van der Waals surface area contributed by atoms with E-state index in [0.29, 0.717) is 5.56 Å². The van der Waals surface area contributed by atoms with Gasteiger partial charge in [-0.15, -0.1) is 0 Å². The van der Waals surface area contributed by atoms with Crippen LogP contribution < -0.4 is 5.48 Å². The van der Waals surface area contributed by atoms with Gasteiger partial charge in [0.05, 0.1) is 11.5 Å². The van der Waals surface area contributed by atoms with Crippen molar-refractivity contribution in [2.24, 2.45) is 5.92 Å². The molecule has 0 spiro atoms. The molecule has 1 aromatic rings. The fraction of sp³-hybridized carbons (Fsp3) is 0.273. The molecule has 0 aliphatic rings. The second-order valence-corrected chi connectivity index (χ2v) is 3.61. The molecule has 1 unspecified atom stereocenters. The Balaban J connectivity index is 2.82. The molecule has 1 atom stereocenters. The van der Waals surface area contributed by atoms with Crippen LogP contribution in [-0.4, -0.2) is 33.9 Å². The molecule has 0 saturated carbocycles. The summed E-state index contributed by atoms with van der Waals surface area (Å²) in [7, 11) is 0. The summed E-state index contributed by atoms with van der Waals surface area (Å²) in [6.45, 7) is -0.0906. The lowest BCUT2D eigenvalue weighted by molar-refractivity contribution is -0.142. The van der Waals surface area contributed by atoms with Crippen LogP contribution in [0.15, 0.2) is 24.3 Å². The van der Waals surface area contributed by atoms with Crippen LogP contribution in [0.2, 0.25) is 0 Å². The van der Waals surface area contributed by atoms with Gasteiger partial charge in [0, 0.05) is 6.54 Å². The summed E-state index contributed by atoms with van der Waals surface area (Å²) in [5, 5.41) is 26.2. The topological polar surface area (TPSA) is 107 Å². The van der Waals surface area contributed by atoms with Crippen LogP contribution in [0.25, 0.3) is 0 Å². The van der Waals surface area contributed by atoms with E-state index < -0.39 is 17.9 Å². The monoisotopic (exact) mass is 239 g/mol. The van der Waals surface area contributed by atoms with E-state index in [1.807, 2.05) is 5.48 Å². The van der Waals surface area contributed by atoms with Crippen molar-refractivity contribution in [3.05, 3.63) is 35.4 Å². The lowest BCUT2D eigenvalue weighted by Crippen LogP contribution is -2.28. The van der Waals surface area contributed by atoms with Crippen molar-refractivity contribution in [3.8, 4) is 0 Å². The van der Waals surface area contributed by atoms with Gasteiger partial charge in [-0.2, -0.15) is 0 Å². The smallest absolute Gasteiger partial charge is 0.335 e. The number of rotatable bonds is 6. The van der Waals surface area contributed by atoms with E-state index in [4.69, 9.17) is 15.4 Å².